The lowest BCUT2D eigenvalue weighted by Gasteiger charge is -2.35. The van der Waals surface area contributed by atoms with Crippen LogP contribution in [0.1, 0.15) is 59.3 Å². The van der Waals surface area contributed by atoms with E-state index in [1.165, 1.54) is 32.1 Å². The van der Waals surface area contributed by atoms with Crippen molar-refractivity contribution in [2.24, 2.45) is 11.3 Å². The summed E-state index contributed by atoms with van der Waals surface area (Å²) in [5.74, 6) is 1.08. The lowest BCUT2D eigenvalue weighted by Crippen LogP contribution is -2.42. The van der Waals surface area contributed by atoms with Crippen LogP contribution in [0.25, 0.3) is 0 Å². The molecule has 3 heteroatoms. The summed E-state index contributed by atoms with van der Waals surface area (Å²) in [6.45, 7) is 9.55. The maximum Gasteiger partial charge on any atom is 0.239 e. The van der Waals surface area contributed by atoms with Gasteiger partial charge in [0, 0.05) is 13.1 Å². The summed E-state index contributed by atoms with van der Waals surface area (Å²) in [4.78, 5) is 14.5. The first-order chi connectivity index (χ1) is 9.06. The third kappa shape index (κ3) is 3.50. The van der Waals surface area contributed by atoms with E-state index in [1.54, 1.807) is 0 Å². The summed E-state index contributed by atoms with van der Waals surface area (Å²) >= 11 is 0. The zero-order chi connectivity index (χ0) is 13.9. The summed E-state index contributed by atoms with van der Waals surface area (Å²) in [7, 11) is 0. The van der Waals surface area contributed by atoms with Crippen molar-refractivity contribution in [1.82, 2.24) is 10.2 Å². The molecule has 1 heterocycles. The molecule has 110 valence electrons. The molecular formula is C16H30N2O. The molecule has 0 radical (unpaired) electrons. The Labute approximate surface area is 118 Å². The molecule has 0 aromatic heterocycles. The maximum absolute atomic E-state index is 12.4. The van der Waals surface area contributed by atoms with Crippen LogP contribution in [-0.4, -0.2) is 36.5 Å². The number of nitrogens with one attached hydrogen (secondary N) is 1. The second-order valence-corrected chi connectivity index (χ2v) is 6.96. The van der Waals surface area contributed by atoms with Crippen LogP contribution in [0.2, 0.25) is 0 Å². The number of nitrogens with zero attached hydrogens (tertiary/aromatic N) is 1. The molecule has 1 saturated heterocycles. The lowest BCUT2D eigenvalue weighted by molar-refractivity contribution is -0.131. The highest BCUT2D eigenvalue weighted by Crippen LogP contribution is 2.44. The van der Waals surface area contributed by atoms with Gasteiger partial charge in [-0.25, -0.2) is 0 Å². The third-order valence-electron chi connectivity index (χ3n) is 4.78. The number of carbonyl (C=O) groups excluding carboxylic acids is 1. The van der Waals surface area contributed by atoms with Crippen LogP contribution in [0.3, 0.4) is 0 Å². The Kier molecular flexibility index (Phi) is 4.88. The van der Waals surface area contributed by atoms with Crippen molar-refractivity contribution in [3.8, 4) is 0 Å². The van der Waals surface area contributed by atoms with Crippen LogP contribution in [0, 0.1) is 11.3 Å². The average Bonchev–Trinajstić information content (AvgIpc) is 2.91. The first kappa shape index (κ1) is 14.8. The van der Waals surface area contributed by atoms with Gasteiger partial charge in [-0.2, -0.15) is 0 Å². The van der Waals surface area contributed by atoms with E-state index in [1.807, 2.05) is 0 Å². The lowest BCUT2D eigenvalue weighted by atomic mass is 9.78. The molecule has 1 atom stereocenters. The Morgan fingerprint density at radius 2 is 2.05 bits per heavy atom. The fourth-order valence-electron chi connectivity index (χ4n) is 4.15. The Balaban J connectivity index is 1.97. The van der Waals surface area contributed by atoms with Gasteiger partial charge in [-0.1, -0.05) is 33.6 Å². The van der Waals surface area contributed by atoms with Crippen molar-refractivity contribution in [2.45, 2.75) is 65.3 Å². The minimum atomic E-state index is 0.0857. The number of carbonyl (C=O) groups is 1. The molecule has 1 unspecified atom stereocenters. The standard InChI is InChI=1S/C16H30N2O/c1-4-17-14-7-10-18(15(14)19)12-16(11-13(2)3)8-5-6-9-16/h13-14,17H,4-12H2,1-3H3. The molecule has 2 aliphatic rings. The molecule has 2 fully saturated rings. The third-order valence-corrected chi connectivity index (χ3v) is 4.78. The normalized spacial score (nSPS) is 26.6. The zero-order valence-electron chi connectivity index (χ0n) is 12.9. The summed E-state index contributed by atoms with van der Waals surface area (Å²) in [5.41, 5.74) is 0.422. The average molecular weight is 266 g/mol. The summed E-state index contributed by atoms with van der Waals surface area (Å²) in [6, 6.07) is 0.0857. The Morgan fingerprint density at radius 3 is 2.63 bits per heavy atom. The van der Waals surface area contributed by atoms with Crippen LogP contribution >= 0.6 is 0 Å². The van der Waals surface area contributed by atoms with Gasteiger partial charge in [0.1, 0.15) is 0 Å². The highest BCUT2D eigenvalue weighted by atomic mass is 16.2. The topological polar surface area (TPSA) is 32.3 Å². The van der Waals surface area contributed by atoms with Gasteiger partial charge >= 0.3 is 0 Å². The number of likely N-dealkylation sites (tertiary alicyclic amines) is 1. The van der Waals surface area contributed by atoms with Crippen LogP contribution in [0.5, 0.6) is 0 Å². The number of amides is 1. The Bertz CT molecular complexity index is 308. The van der Waals surface area contributed by atoms with Gasteiger partial charge in [0.25, 0.3) is 0 Å². The summed E-state index contributed by atoms with van der Waals surface area (Å²) in [5, 5.41) is 3.31. The maximum atomic E-state index is 12.4. The molecule has 1 aliphatic heterocycles. The first-order valence-corrected chi connectivity index (χ1v) is 8.08. The van der Waals surface area contributed by atoms with Crippen LogP contribution in [0.15, 0.2) is 0 Å². The summed E-state index contributed by atoms with van der Waals surface area (Å²) in [6.07, 6.45) is 7.62. The molecule has 0 spiro atoms. The van der Waals surface area contributed by atoms with Gasteiger partial charge < -0.3 is 10.2 Å². The van der Waals surface area contributed by atoms with Crippen molar-refractivity contribution in [1.29, 1.82) is 0 Å². The van der Waals surface area contributed by atoms with E-state index < -0.39 is 0 Å². The first-order valence-electron chi connectivity index (χ1n) is 8.08. The van der Waals surface area contributed by atoms with E-state index >= 15 is 0 Å². The monoisotopic (exact) mass is 266 g/mol. The van der Waals surface area contributed by atoms with Gasteiger partial charge in [0.05, 0.1) is 6.04 Å². The molecular weight excluding hydrogens is 236 g/mol. The second kappa shape index (κ2) is 6.25. The van der Waals surface area contributed by atoms with Crippen molar-refractivity contribution < 1.29 is 4.79 Å². The van der Waals surface area contributed by atoms with Gasteiger partial charge in [0.15, 0.2) is 0 Å². The Morgan fingerprint density at radius 1 is 1.37 bits per heavy atom. The molecule has 1 aliphatic carbocycles. The summed E-state index contributed by atoms with van der Waals surface area (Å²) < 4.78 is 0. The van der Waals surface area contributed by atoms with E-state index in [9.17, 15) is 4.79 Å². The number of hydrogen-bond acceptors (Lipinski definition) is 2. The predicted molar refractivity (Wildman–Crippen MR) is 79.0 cm³/mol. The molecule has 1 amide bonds. The van der Waals surface area contributed by atoms with E-state index in [0.29, 0.717) is 11.3 Å². The van der Waals surface area contributed by atoms with Gasteiger partial charge in [-0.15, -0.1) is 0 Å². The van der Waals surface area contributed by atoms with Crippen molar-refractivity contribution in [3.05, 3.63) is 0 Å². The molecule has 1 N–H and O–H groups in total. The molecule has 0 aromatic carbocycles. The SMILES string of the molecule is CCNC1CCN(CC2(CC(C)C)CCCC2)C1=O. The second-order valence-electron chi connectivity index (χ2n) is 6.96. The van der Waals surface area contributed by atoms with Gasteiger partial charge in [-0.3, -0.25) is 4.79 Å². The fourth-order valence-corrected chi connectivity index (χ4v) is 4.15. The smallest absolute Gasteiger partial charge is 0.239 e. The molecule has 2 rings (SSSR count). The molecule has 19 heavy (non-hydrogen) atoms. The predicted octanol–water partition coefficient (Wildman–Crippen LogP) is 2.80. The van der Waals surface area contributed by atoms with E-state index in [2.05, 4.69) is 31.0 Å². The van der Waals surface area contributed by atoms with E-state index in [-0.39, 0.29) is 6.04 Å². The molecule has 3 nitrogen and oxygen atoms in total. The quantitative estimate of drug-likeness (QED) is 0.802. The molecule has 1 saturated carbocycles. The largest absolute Gasteiger partial charge is 0.341 e. The minimum Gasteiger partial charge on any atom is -0.341 e. The molecule has 0 aromatic rings. The number of likely N-dealkylation sites (N-methyl/N-ethyl adjacent to an activating group) is 1. The van der Waals surface area contributed by atoms with Gasteiger partial charge in [0.2, 0.25) is 5.91 Å². The van der Waals surface area contributed by atoms with Gasteiger partial charge in [-0.05, 0) is 43.6 Å². The van der Waals surface area contributed by atoms with Crippen molar-refractivity contribution >= 4 is 5.91 Å². The number of rotatable bonds is 6. The van der Waals surface area contributed by atoms with Crippen molar-refractivity contribution in [2.75, 3.05) is 19.6 Å². The zero-order valence-corrected chi connectivity index (χ0v) is 12.9. The number of hydrogen-bond donors (Lipinski definition) is 1. The van der Waals surface area contributed by atoms with E-state index in [4.69, 9.17) is 0 Å². The molecule has 0 bridgehead atoms. The highest BCUT2D eigenvalue weighted by Gasteiger charge is 2.40. The fraction of sp³-hybridized carbons (Fsp3) is 0.938. The van der Waals surface area contributed by atoms with Crippen LogP contribution < -0.4 is 5.32 Å². The van der Waals surface area contributed by atoms with Crippen molar-refractivity contribution in [3.63, 3.8) is 0 Å². The van der Waals surface area contributed by atoms with Crippen LogP contribution in [-0.2, 0) is 4.79 Å². The Hall–Kier alpha value is -0.570. The minimum absolute atomic E-state index is 0.0857. The van der Waals surface area contributed by atoms with E-state index in [0.717, 1.165) is 32.0 Å². The van der Waals surface area contributed by atoms with Crippen LogP contribution in [0.4, 0.5) is 0 Å². The highest BCUT2D eigenvalue weighted by molar-refractivity contribution is 5.84.